The van der Waals surface area contributed by atoms with Crippen LogP contribution in [0.5, 0.6) is 0 Å². The molecule has 0 aromatic heterocycles. The zero-order valence-corrected chi connectivity index (χ0v) is 10.1. The van der Waals surface area contributed by atoms with Gasteiger partial charge in [-0.1, -0.05) is 13.5 Å². The predicted octanol–water partition coefficient (Wildman–Crippen LogP) is 1.51. The molecule has 0 rings (SSSR count). The number of carbonyl (C=O) groups excluding carboxylic acids is 1. The van der Waals surface area contributed by atoms with Crippen LogP contribution < -0.4 is 5.32 Å². The van der Waals surface area contributed by atoms with E-state index >= 15 is 0 Å². The molecule has 0 aromatic carbocycles. The van der Waals surface area contributed by atoms with Crippen LogP contribution in [0.2, 0.25) is 0 Å². The Morgan fingerprint density at radius 2 is 1.93 bits per heavy atom. The van der Waals surface area contributed by atoms with Gasteiger partial charge in [-0.05, 0) is 6.42 Å². The Hall–Kier alpha value is -0.830. The van der Waals surface area contributed by atoms with Crippen LogP contribution in [-0.4, -0.2) is 37.6 Å². The molecule has 82 valence electrons. The van der Waals surface area contributed by atoms with Crippen LogP contribution in [0, 0.1) is 0 Å². The lowest BCUT2D eigenvalue weighted by Crippen LogP contribution is -2.51. The topological polar surface area (TPSA) is 29.1 Å². The van der Waals surface area contributed by atoms with E-state index in [2.05, 4.69) is 33.0 Å². The summed E-state index contributed by atoms with van der Waals surface area (Å²) >= 11 is 0. The summed E-state index contributed by atoms with van der Waals surface area (Å²) in [4.78, 5) is 11.4. The lowest BCUT2D eigenvalue weighted by molar-refractivity contribution is -0.896. The highest BCUT2D eigenvalue weighted by atomic mass is 16.1. The molecule has 0 aliphatic heterocycles. The van der Waals surface area contributed by atoms with Crippen molar-refractivity contribution < 1.29 is 9.28 Å². The SMILES string of the molecule is C=C(NC(C)[N+](C)(C)C)C(=O)CCC. The molecule has 0 saturated heterocycles. The van der Waals surface area contributed by atoms with E-state index in [1.54, 1.807) is 0 Å². The maximum atomic E-state index is 11.4. The van der Waals surface area contributed by atoms with Crippen LogP contribution in [0.4, 0.5) is 0 Å². The van der Waals surface area contributed by atoms with Gasteiger partial charge in [0.15, 0.2) is 11.9 Å². The fourth-order valence-corrected chi connectivity index (χ4v) is 0.904. The minimum absolute atomic E-state index is 0.118. The van der Waals surface area contributed by atoms with E-state index in [0.717, 1.165) is 10.9 Å². The number of hydrogen-bond donors (Lipinski definition) is 1. The summed E-state index contributed by atoms with van der Waals surface area (Å²) in [5.41, 5.74) is 0.535. The van der Waals surface area contributed by atoms with Gasteiger partial charge in [0, 0.05) is 13.3 Å². The van der Waals surface area contributed by atoms with Crippen LogP contribution in [0.25, 0.3) is 0 Å². The smallest absolute Gasteiger partial charge is 0.178 e. The number of quaternary nitrogens is 1. The number of nitrogens with one attached hydrogen (secondary N) is 1. The number of allylic oxidation sites excluding steroid dienone is 1. The van der Waals surface area contributed by atoms with Gasteiger partial charge >= 0.3 is 0 Å². The van der Waals surface area contributed by atoms with E-state index in [1.165, 1.54) is 0 Å². The van der Waals surface area contributed by atoms with Gasteiger partial charge < -0.3 is 9.80 Å². The molecule has 1 unspecified atom stereocenters. The molecule has 0 aromatic rings. The van der Waals surface area contributed by atoms with Gasteiger partial charge in [0.2, 0.25) is 0 Å². The Morgan fingerprint density at radius 3 is 2.29 bits per heavy atom. The Kier molecular flexibility index (Phi) is 4.85. The van der Waals surface area contributed by atoms with Gasteiger partial charge in [0.25, 0.3) is 0 Å². The van der Waals surface area contributed by atoms with Crippen molar-refractivity contribution in [2.45, 2.75) is 32.9 Å². The number of ketones is 1. The van der Waals surface area contributed by atoms with Gasteiger partial charge in [0.05, 0.1) is 26.8 Å². The van der Waals surface area contributed by atoms with Crippen molar-refractivity contribution in [3.05, 3.63) is 12.3 Å². The molecule has 0 amide bonds. The van der Waals surface area contributed by atoms with Crippen molar-refractivity contribution in [2.24, 2.45) is 0 Å². The molecule has 0 fully saturated rings. The molecule has 0 aliphatic rings. The number of Topliss-reactive ketones (excluding diaryl/α,β-unsaturated/α-hetero) is 1. The Labute approximate surface area is 87.4 Å². The summed E-state index contributed by atoms with van der Waals surface area (Å²) in [7, 11) is 6.24. The zero-order chi connectivity index (χ0) is 11.4. The highest BCUT2D eigenvalue weighted by molar-refractivity contribution is 5.94. The minimum atomic E-state index is 0.118. The molecule has 0 bridgehead atoms. The highest BCUT2D eigenvalue weighted by Crippen LogP contribution is 2.03. The first-order valence-corrected chi connectivity index (χ1v) is 5.08. The van der Waals surface area contributed by atoms with E-state index in [1.807, 2.05) is 13.8 Å². The summed E-state index contributed by atoms with van der Waals surface area (Å²) < 4.78 is 0.762. The van der Waals surface area contributed by atoms with E-state index in [9.17, 15) is 4.79 Å². The lowest BCUT2D eigenvalue weighted by atomic mass is 10.2. The van der Waals surface area contributed by atoms with Gasteiger partial charge in [-0.15, -0.1) is 0 Å². The summed E-state index contributed by atoms with van der Waals surface area (Å²) in [5.74, 6) is 0.118. The molecule has 0 spiro atoms. The summed E-state index contributed by atoms with van der Waals surface area (Å²) in [6, 6.07) is 0. The average Bonchev–Trinajstić information content (AvgIpc) is 2.02. The molecule has 1 N–H and O–H groups in total. The molecular weight excluding hydrogens is 176 g/mol. The second kappa shape index (κ2) is 5.15. The number of rotatable bonds is 6. The first-order valence-electron chi connectivity index (χ1n) is 5.08. The molecule has 1 atom stereocenters. The van der Waals surface area contributed by atoms with Crippen molar-refractivity contribution in [1.82, 2.24) is 5.32 Å². The minimum Gasteiger partial charge on any atom is -0.334 e. The number of carbonyl (C=O) groups is 1. The average molecular weight is 199 g/mol. The van der Waals surface area contributed by atoms with Crippen molar-refractivity contribution in [3.8, 4) is 0 Å². The van der Waals surface area contributed by atoms with Gasteiger partial charge in [-0.3, -0.25) is 4.79 Å². The Bertz CT molecular complexity index is 216. The molecule has 0 saturated carbocycles. The molecule has 0 aliphatic carbocycles. The second-order valence-electron chi connectivity index (χ2n) is 4.59. The molecule has 3 nitrogen and oxygen atoms in total. The summed E-state index contributed by atoms with van der Waals surface area (Å²) in [6.07, 6.45) is 1.65. The van der Waals surface area contributed by atoms with E-state index < -0.39 is 0 Å². The number of nitrogens with zero attached hydrogens (tertiary/aromatic N) is 1. The fraction of sp³-hybridized carbons (Fsp3) is 0.727. The summed E-state index contributed by atoms with van der Waals surface area (Å²) in [6.45, 7) is 7.80. The third-order valence-corrected chi connectivity index (χ3v) is 2.36. The third kappa shape index (κ3) is 4.42. The second-order valence-corrected chi connectivity index (χ2v) is 4.59. The molecule has 14 heavy (non-hydrogen) atoms. The van der Waals surface area contributed by atoms with E-state index in [4.69, 9.17) is 0 Å². The quantitative estimate of drug-likeness (QED) is 0.399. The van der Waals surface area contributed by atoms with Crippen LogP contribution in [-0.2, 0) is 4.79 Å². The Balaban J connectivity index is 4.13. The van der Waals surface area contributed by atoms with E-state index in [-0.39, 0.29) is 11.9 Å². The highest BCUT2D eigenvalue weighted by Gasteiger charge is 2.19. The maximum Gasteiger partial charge on any atom is 0.178 e. The van der Waals surface area contributed by atoms with Crippen molar-refractivity contribution >= 4 is 5.78 Å². The monoisotopic (exact) mass is 199 g/mol. The maximum absolute atomic E-state index is 11.4. The lowest BCUT2D eigenvalue weighted by Gasteiger charge is -2.32. The largest absolute Gasteiger partial charge is 0.334 e. The number of hydrogen-bond acceptors (Lipinski definition) is 2. The van der Waals surface area contributed by atoms with Crippen LogP contribution in [0.1, 0.15) is 26.7 Å². The fourth-order valence-electron chi connectivity index (χ4n) is 0.904. The van der Waals surface area contributed by atoms with Crippen molar-refractivity contribution in [2.75, 3.05) is 21.1 Å². The first-order chi connectivity index (χ1) is 6.29. The first kappa shape index (κ1) is 13.2. The van der Waals surface area contributed by atoms with Crippen molar-refractivity contribution in [3.63, 3.8) is 0 Å². The third-order valence-electron chi connectivity index (χ3n) is 2.36. The van der Waals surface area contributed by atoms with Crippen LogP contribution in [0.3, 0.4) is 0 Å². The standard InChI is InChI=1S/C11H23N2O/c1-7-8-11(14)9(2)12-10(3)13(4,5)6/h10,12H,2,7-8H2,1,3-6H3/q+1. The molecular formula is C11H23N2O+. The zero-order valence-electron chi connectivity index (χ0n) is 10.1. The predicted molar refractivity (Wildman–Crippen MR) is 59.7 cm³/mol. The normalized spacial score (nSPS) is 13.5. The van der Waals surface area contributed by atoms with Crippen LogP contribution in [0.15, 0.2) is 12.3 Å². The summed E-state index contributed by atoms with van der Waals surface area (Å²) in [5, 5.41) is 3.13. The van der Waals surface area contributed by atoms with Gasteiger partial charge in [-0.25, -0.2) is 0 Å². The Morgan fingerprint density at radius 1 is 1.43 bits per heavy atom. The van der Waals surface area contributed by atoms with E-state index in [0.29, 0.717) is 12.1 Å². The van der Waals surface area contributed by atoms with Crippen LogP contribution >= 0.6 is 0 Å². The molecule has 0 radical (unpaired) electrons. The van der Waals surface area contributed by atoms with Gasteiger partial charge in [-0.2, -0.15) is 0 Å². The van der Waals surface area contributed by atoms with Gasteiger partial charge in [0.1, 0.15) is 0 Å². The molecule has 3 heteroatoms. The van der Waals surface area contributed by atoms with Crippen molar-refractivity contribution in [1.29, 1.82) is 0 Å². The molecule has 0 heterocycles.